The summed E-state index contributed by atoms with van der Waals surface area (Å²) in [6.07, 6.45) is 6.89. The molecular formula is C12H20N2O. The van der Waals surface area contributed by atoms with E-state index in [1.807, 2.05) is 39.0 Å². The van der Waals surface area contributed by atoms with Gasteiger partial charge in [0.1, 0.15) is 6.54 Å². The maximum Gasteiger partial charge on any atom is 0.106 e. The first-order chi connectivity index (χ1) is 7.27. The molecule has 0 atom stereocenters. The molecular weight excluding hydrogens is 188 g/mol. The number of hydrogen-bond acceptors (Lipinski definition) is 3. The molecule has 0 aromatic rings. The summed E-state index contributed by atoms with van der Waals surface area (Å²) < 4.78 is 0. The largest absolute Gasteiger partial charge is 0.327 e. The van der Waals surface area contributed by atoms with Gasteiger partial charge in [0, 0.05) is 6.54 Å². The van der Waals surface area contributed by atoms with Crippen molar-refractivity contribution >= 4 is 0 Å². The summed E-state index contributed by atoms with van der Waals surface area (Å²) in [7, 11) is 0. The second-order valence-corrected chi connectivity index (χ2v) is 3.11. The monoisotopic (exact) mass is 208 g/mol. The molecule has 84 valence electrons. The van der Waals surface area contributed by atoms with Gasteiger partial charge in [-0.25, -0.2) is 0 Å². The fourth-order valence-electron chi connectivity index (χ4n) is 1.33. The molecule has 1 aliphatic rings. The third kappa shape index (κ3) is 4.70. The van der Waals surface area contributed by atoms with E-state index in [0.29, 0.717) is 6.54 Å². The Hall–Kier alpha value is -1.22. The summed E-state index contributed by atoms with van der Waals surface area (Å²) in [5, 5.41) is 2.88. The zero-order valence-corrected chi connectivity index (χ0v) is 9.79. The molecule has 0 radical (unpaired) electrons. The van der Waals surface area contributed by atoms with E-state index in [-0.39, 0.29) is 6.54 Å². The maximum absolute atomic E-state index is 10.1. The van der Waals surface area contributed by atoms with E-state index in [9.17, 15) is 4.91 Å². The molecule has 0 saturated heterocycles. The molecule has 0 aromatic heterocycles. The molecule has 0 fully saturated rings. The third-order valence-electron chi connectivity index (χ3n) is 2.12. The molecule has 0 heterocycles. The SMILES string of the molecule is CC.CC1=C(CN=O)C=CCC(CN)=C1. The van der Waals surface area contributed by atoms with Crippen LogP contribution < -0.4 is 5.73 Å². The summed E-state index contributed by atoms with van der Waals surface area (Å²) in [4.78, 5) is 10.1. The molecule has 0 saturated carbocycles. The smallest absolute Gasteiger partial charge is 0.106 e. The van der Waals surface area contributed by atoms with Gasteiger partial charge in [-0.3, -0.25) is 0 Å². The zero-order valence-electron chi connectivity index (χ0n) is 9.79. The van der Waals surface area contributed by atoms with Crippen LogP contribution in [0, 0.1) is 4.91 Å². The Labute approximate surface area is 91.7 Å². The molecule has 0 aliphatic heterocycles. The predicted octanol–water partition coefficient (Wildman–Crippen LogP) is 2.94. The Bertz CT molecular complexity index is 288. The van der Waals surface area contributed by atoms with E-state index < -0.39 is 0 Å². The van der Waals surface area contributed by atoms with Crippen molar-refractivity contribution in [3.63, 3.8) is 0 Å². The van der Waals surface area contributed by atoms with Gasteiger partial charge >= 0.3 is 0 Å². The van der Waals surface area contributed by atoms with Crippen molar-refractivity contribution < 1.29 is 0 Å². The molecule has 0 spiro atoms. The highest BCUT2D eigenvalue weighted by atomic mass is 16.3. The van der Waals surface area contributed by atoms with Crippen molar-refractivity contribution in [3.05, 3.63) is 39.9 Å². The van der Waals surface area contributed by atoms with Gasteiger partial charge in [0.15, 0.2) is 0 Å². The van der Waals surface area contributed by atoms with Crippen LogP contribution in [0.4, 0.5) is 0 Å². The molecule has 15 heavy (non-hydrogen) atoms. The third-order valence-corrected chi connectivity index (χ3v) is 2.12. The highest BCUT2D eigenvalue weighted by Gasteiger charge is 2.02. The Kier molecular flexibility index (Phi) is 7.46. The van der Waals surface area contributed by atoms with Crippen molar-refractivity contribution in [2.75, 3.05) is 13.1 Å². The van der Waals surface area contributed by atoms with Gasteiger partial charge in [-0.05, 0) is 24.5 Å². The number of rotatable bonds is 3. The lowest BCUT2D eigenvalue weighted by Gasteiger charge is -1.99. The van der Waals surface area contributed by atoms with E-state index in [1.54, 1.807) is 0 Å². The normalized spacial score (nSPS) is 15.1. The van der Waals surface area contributed by atoms with Gasteiger partial charge in [-0.15, -0.1) is 0 Å². The van der Waals surface area contributed by atoms with Crippen molar-refractivity contribution in [1.29, 1.82) is 0 Å². The first-order valence-corrected chi connectivity index (χ1v) is 5.33. The van der Waals surface area contributed by atoms with Gasteiger partial charge in [-0.1, -0.05) is 42.8 Å². The van der Waals surface area contributed by atoms with Gasteiger partial charge in [0.05, 0.1) is 0 Å². The molecule has 0 aromatic carbocycles. The van der Waals surface area contributed by atoms with Crippen LogP contribution in [0.2, 0.25) is 0 Å². The van der Waals surface area contributed by atoms with Crippen LogP contribution in [0.25, 0.3) is 0 Å². The topological polar surface area (TPSA) is 55.5 Å². The minimum atomic E-state index is 0.247. The fraction of sp³-hybridized carbons (Fsp3) is 0.500. The number of nitrogens with zero attached hydrogens (tertiary/aromatic N) is 1. The quantitative estimate of drug-likeness (QED) is 0.725. The fourth-order valence-corrected chi connectivity index (χ4v) is 1.33. The lowest BCUT2D eigenvalue weighted by Crippen LogP contribution is -2.02. The van der Waals surface area contributed by atoms with Crippen molar-refractivity contribution in [2.45, 2.75) is 27.2 Å². The second-order valence-electron chi connectivity index (χ2n) is 3.11. The Morgan fingerprint density at radius 1 is 1.47 bits per heavy atom. The second kappa shape index (κ2) is 8.12. The van der Waals surface area contributed by atoms with Crippen LogP contribution in [0.5, 0.6) is 0 Å². The Morgan fingerprint density at radius 3 is 2.67 bits per heavy atom. The standard InChI is InChI=1S/C10H14N2O.C2H6/c1-8-5-9(6-11)3-2-4-10(8)7-12-13;1-2/h2,4-5H,3,6-7,11H2,1H3;1-2H3. The first-order valence-electron chi connectivity index (χ1n) is 5.33. The first kappa shape index (κ1) is 13.8. The molecule has 0 unspecified atom stereocenters. The number of nitroso groups, excluding NO2 is 1. The number of nitrogens with two attached hydrogens (primary N) is 1. The minimum Gasteiger partial charge on any atom is -0.327 e. The minimum absolute atomic E-state index is 0.247. The van der Waals surface area contributed by atoms with Crippen LogP contribution in [0.1, 0.15) is 27.2 Å². The lowest BCUT2D eigenvalue weighted by atomic mass is 10.1. The van der Waals surface area contributed by atoms with Crippen LogP contribution >= 0.6 is 0 Å². The van der Waals surface area contributed by atoms with E-state index in [4.69, 9.17) is 5.73 Å². The van der Waals surface area contributed by atoms with E-state index in [0.717, 1.165) is 17.6 Å². The van der Waals surface area contributed by atoms with E-state index >= 15 is 0 Å². The van der Waals surface area contributed by atoms with Crippen LogP contribution in [0.3, 0.4) is 0 Å². The average molecular weight is 208 g/mol. The van der Waals surface area contributed by atoms with Crippen LogP contribution in [0.15, 0.2) is 40.1 Å². The van der Waals surface area contributed by atoms with E-state index in [1.165, 1.54) is 5.57 Å². The van der Waals surface area contributed by atoms with Gasteiger partial charge < -0.3 is 5.73 Å². The average Bonchev–Trinajstić information content (AvgIpc) is 2.45. The van der Waals surface area contributed by atoms with Crippen LogP contribution in [-0.2, 0) is 0 Å². The van der Waals surface area contributed by atoms with Crippen molar-refractivity contribution in [2.24, 2.45) is 10.9 Å². The maximum atomic E-state index is 10.1. The molecule has 3 heteroatoms. The summed E-state index contributed by atoms with van der Waals surface area (Å²) in [5.41, 5.74) is 8.81. The number of allylic oxidation sites excluding steroid dienone is 3. The summed E-state index contributed by atoms with van der Waals surface area (Å²) in [6.45, 7) is 6.80. The highest BCUT2D eigenvalue weighted by molar-refractivity contribution is 5.38. The summed E-state index contributed by atoms with van der Waals surface area (Å²) >= 11 is 0. The van der Waals surface area contributed by atoms with Crippen molar-refractivity contribution in [1.82, 2.24) is 0 Å². The highest BCUT2D eigenvalue weighted by Crippen LogP contribution is 2.16. The molecule has 0 bridgehead atoms. The molecule has 0 amide bonds. The van der Waals surface area contributed by atoms with Crippen LogP contribution in [-0.4, -0.2) is 13.1 Å². The van der Waals surface area contributed by atoms with Gasteiger partial charge in [0.25, 0.3) is 0 Å². The molecule has 2 N–H and O–H groups in total. The Balaban J connectivity index is 0.000000921. The van der Waals surface area contributed by atoms with Crippen molar-refractivity contribution in [3.8, 4) is 0 Å². The predicted molar refractivity (Wildman–Crippen MR) is 65.6 cm³/mol. The van der Waals surface area contributed by atoms with Gasteiger partial charge in [0.2, 0.25) is 0 Å². The Morgan fingerprint density at radius 2 is 2.13 bits per heavy atom. The summed E-state index contributed by atoms with van der Waals surface area (Å²) in [6, 6.07) is 0. The molecule has 3 nitrogen and oxygen atoms in total. The molecule has 1 rings (SSSR count). The van der Waals surface area contributed by atoms with E-state index in [2.05, 4.69) is 5.18 Å². The molecule has 1 aliphatic carbocycles. The number of hydrogen-bond donors (Lipinski definition) is 1. The van der Waals surface area contributed by atoms with Gasteiger partial charge in [-0.2, -0.15) is 4.91 Å². The lowest BCUT2D eigenvalue weighted by molar-refractivity contribution is 1.07. The zero-order chi connectivity index (χ0) is 11.7. The summed E-state index contributed by atoms with van der Waals surface area (Å²) in [5.74, 6) is 0.